The number of thioether (sulfide) groups is 1. The van der Waals surface area contributed by atoms with Crippen LogP contribution >= 0.6 is 11.8 Å². The number of likely N-dealkylation sites (tertiary alicyclic amines) is 1. The van der Waals surface area contributed by atoms with E-state index in [0.29, 0.717) is 35.9 Å². The molecule has 178 valence electrons. The molecule has 2 aliphatic heterocycles. The number of halogens is 3. The maximum Gasteiger partial charge on any atom is 0.393 e. The number of carboxylic acid groups (broad SMARTS) is 1. The number of carbonyl (C=O) groups excluding carboxylic acids is 1. The third-order valence-corrected chi connectivity index (χ3v) is 7.19. The maximum absolute atomic E-state index is 13.2. The lowest BCUT2D eigenvalue weighted by Gasteiger charge is -2.35. The lowest BCUT2D eigenvalue weighted by Crippen LogP contribution is -2.44. The van der Waals surface area contributed by atoms with E-state index in [1.807, 2.05) is 11.8 Å². The highest BCUT2D eigenvalue weighted by Gasteiger charge is 2.43. The Morgan fingerprint density at radius 1 is 1.19 bits per heavy atom. The quantitative estimate of drug-likeness (QED) is 0.580. The van der Waals surface area contributed by atoms with Gasteiger partial charge in [-0.3, -0.25) is 9.59 Å². The van der Waals surface area contributed by atoms with E-state index in [1.165, 1.54) is 16.7 Å². The molecule has 1 amide bonds. The van der Waals surface area contributed by atoms with Gasteiger partial charge >= 0.3 is 12.1 Å². The number of aromatic nitrogens is 1. The molecule has 1 aromatic heterocycles. The minimum atomic E-state index is -4.30. The summed E-state index contributed by atoms with van der Waals surface area (Å²) in [7, 11) is 0. The molecule has 3 heterocycles. The van der Waals surface area contributed by atoms with E-state index < -0.39 is 24.0 Å². The number of hydrogen-bond donors (Lipinski definition) is 1. The first kappa shape index (κ1) is 24.7. The molecule has 0 saturated carbocycles. The van der Waals surface area contributed by atoms with Gasteiger partial charge in [0.25, 0.3) is 5.91 Å². The van der Waals surface area contributed by atoms with Crippen molar-refractivity contribution >= 4 is 29.5 Å². The average molecular weight is 474 g/mol. The third-order valence-electron chi connectivity index (χ3n) is 6.00. The van der Waals surface area contributed by atoms with Gasteiger partial charge in [-0.25, -0.2) is 4.98 Å². The van der Waals surface area contributed by atoms with Crippen molar-refractivity contribution in [3.8, 4) is 0 Å². The Balaban J connectivity index is 1.80. The van der Waals surface area contributed by atoms with E-state index in [0.717, 1.165) is 31.6 Å². The van der Waals surface area contributed by atoms with Gasteiger partial charge in [0, 0.05) is 32.6 Å². The van der Waals surface area contributed by atoms with Crippen LogP contribution in [0.3, 0.4) is 0 Å². The Kier molecular flexibility index (Phi) is 8.30. The fourth-order valence-electron chi connectivity index (χ4n) is 4.36. The molecule has 0 aromatic carbocycles. The second kappa shape index (κ2) is 10.8. The van der Waals surface area contributed by atoms with Crippen molar-refractivity contribution in [3.05, 3.63) is 17.7 Å². The molecule has 2 atom stereocenters. The lowest BCUT2D eigenvalue weighted by molar-refractivity contribution is -0.184. The van der Waals surface area contributed by atoms with Crippen molar-refractivity contribution in [2.45, 2.75) is 56.7 Å². The van der Waals surface area contributed by atoms with Crippen molar-refractivity contribution in [1.82, 2.24) is 9.88 Å². The number of rotatable bonds is 7. The van der Waals surface area contributed by atoms with E-state index in [9.17, 15) is 22.8 Å². The highest BCUT2D eigenvalue weighted by Crippen LogP contribution is 2.35. The minimum absolute atomic E-state index is 0.0451. The molecule has 2 unspecified atom stereocenters. The zero-order chi connectivity index (χ0) is 23.3. The molecule has 3 rings (SSSR count). The Labute approximate surface area is 190 Å². The number of pyridine rings is 1. The molecule has 1 N–H and O–H groups in total. The number of amides is 1. The molecule has 2 fully saturated rings. The standard InChI is InChI=1S/C22H30F3N3O3S/c1-2-11-32-20-17(21(31)28-10-4-6-16(14-28)22(23,24)25)7-8-18(26-20)27-9-3-5-15(13-27)12-19(29)30/h7-8,15-16H,2-6,9-14H2,1H3,(H,29,30). The normalized spacial score (nSPS) is 22.1. The zero-order valence-corrected chi connectivity index (χ0v) is 19.1. The predicted molar refractivity (Wildman–Crippen MR) is 117 cm³/mol. The van der Waals surface area contributed by atoms with Crippen LogP contribution in [0.1, 0.15) is 55.8 Å². The largest absolute Gasteiger partial charge is 0.481 e. The Morgan fingerprint density at radius 2 is 1.94 bits per heavy atom. The summed E-state index contributed by atoms with van der Waals surface area (Å²) in [5.74, 6) is -1.24. The number of anilines is 1. The van der Waals surface area contributed by atoms with E-state index in [4.69, 9.17) is 10.1 Å². The number of carbonyl (C=O) groups is 2. The van der Waals surface area contributed by atoms with Crippen molar-refractivity contribution in [1.29, 1.82) is 0 Å². The Hall–Kier alpha value is -1.97. The number of carboxylic acids is 1. The SMILES string of the molecule is CCCSc1nc(N2CCCC(CC(=O)O)C2)ccc1C(=O)N1CCCC(C(F)(F)F)C1. The fraction of sp³-hybridized carbons (Fsp3) is 0.682. The van der Waals surface area contributed by atoms with Crippen LogP contribution in [0.5, 0.6) is 0 Å². The van der Waals surface area contributed by atoms with Gasteiger partial charge in [-0.05, 0) is 55.9 Å². The highest BCUT2D eigenvalue weighted by atomic mass is 32.2. The summed E-state index contributed by atoms with van der Waals surface area (Å²) in [6, 6.07) is 3.40. The second-order valence-corrected chi connectivity index (χ2v) is 9.64. The average Bonchev–Trinajstić information content (AvgIpc) is 2.76. The molecule has 0 aliphatic carbocycles. The number of aliphatic carboxylic acids is 1. The molecule has 0 radical (unpaired) electrons. The number of piperidine rings is 2. The van der Waals surface area contributed by atoms with Gasteiger partial charge < -0.3 is 14.9 Å². The molecule has 0 bridgehead atoms. The predicted octanol–water partition coefficient (Wildman–Crippen LogP) is 4.69. The number of alkyl halides is 3. The van der Waals surface area contributed by atoms with Crippen LogP contribution in [-0.2, 0) is 4.79 Å². The summed E-state index contributed by atoms with van der Waals surface area (Å²) in [6.45, 7) is 3.36. The molecule has 2 saturated heterocycles. The van der Waals surface area contributed by atoms with E-state index in [1.54, 1.807) is 12.1 Å². The van der Waals surface area contributed by atoms with Gasteiger partial charge in [0.15, 0.2) is 0 Å². The Bertz CT molecular complexity index is 821. The van der Waals surface area contributed by atoms with Crippen LogP contribution in [0.15, 0.2) is 17.2 Å². The molecular weight excluding hydrogens is 443 g/mol. The van der Waals surface area contributed by atoms with E-state index in [2.05, 4.69) is 0 Å². The summed E-state index contributed by atoms with van der Waals surface area (Å²) in [6.07, 6.45) is -1.22. The van der Waals surface area contributed by atoms with Crippen molar-refractivity contribution < 1.29 is 27.9 Å². The smallest absolute Gasteiger partial charge is 0.393 e. The Morgan fingerprint density at radius 3 is 2.62 bits per heavy atom. The molecular formula is C22H30F3N3O3S. The van der Waals surface area contributed by atoms with Crippen LogP contribution in [0, 0.1) is 11.8 Å². The van der Waals surface area contributed by atoms with Gasteiger partial charge in [0.1, 0.15) is 10.8 Å². The molecule has 10 heteroatoms. The molecule has 1 aromatic rings. The first-order chi connectivity index (χ1) is 15.2. The first-order valence-corrected chi connectivity index (χ1v) is 12.1. The van der Waals surface area contributed by atoms with Crippen LogP contribution < -0.4 is 4.90 Å². The number of hydrogen-bond acceptors (Lipinski definition) is 5. The second-order valence-electron chi connectivity index (χ2n) is 8.55. The van der Waals surface area contributed by atoms with Gasteiger partial charge in [-0.1, -0.05) is 6.92 Å². The van der Waals surface area contributed by atoms with Gasteiger partial charge in [-0.15, -0.1) is 11.8 Å². The van der Waals surface area contributed by atoms with Crippen LogP contribution in [0.2, 0.25) is 0 Å². The molecule has 0 spiro atoms. The molecule has 2 aliphatic rings. The van der Waals surface area contributed by atoms with Gasteiger partial charge in [-0.2, -0.15) is 13.2 Å². The summed E-state index contributed by atoms with van der Waals surface area (Å²) in [5.41, 5.74) is 0.342. The summed E-state index contributed by atoms with van der Waals surface area (Å²) < 4.78 is 39.6. The summed E-state index contributed by atoms with van der Waals surface area (Å²) in [5, 5.41) is 9.64. The fourth-order valence-corrected chi connectivity index (χ4v) is 5.23. The van der Waals surface area contributed by atoms with Crippen LogP contribution in [-0.4, -0.2) is 65.0 Å². The van der Waals surface area contributed by atoms with Crippen LogP contribution in [0.25, 0.3) is 0 Å². The third kappa shape index (κ3) is 6.30. The van der Waals surface area contributed by atoms with E-state index >= 15 is 0 Å². The maximum atomic E-state index is 13.2. The zero-order valence-electron chi connectivity index (χ0n) is 18.2. The van der Waals surface area contributed by atoms with Gasteiger partial charge in [0.2, 0.25) is 0 Å². The topological polar surface area (TPSA) is 73.7 Å². The summed E-state index contributed by atoms with van der Waals surface area (Å²) >= 11 is 1.43. The molecule has 6 nitrogen and oxygen atoms in total. The molecule has 32 heavy (non-hydrogen) atoms. The lowest BCUT2D eigenvalue weighted by atomic mass is 9.95. The van der Waals surface area contributed by atoms with Crippen LogP contribution in [0.4, 0.5) is 19.0 Å². The van der Waals surface area contributed by atoms with Gasteiger partial charge in [0.05, 0.1) is 11.5 Å². The minimum Gasteiger partial charge on any atom is -0.481 e. The van der Waals surface area contributed by atoms with E-state index in [-0.39, 0.29) is 25.3 Å². The summed E-state index contributed by atoms with van der Waals surface area (Å²) in [4.78, 5) is 32.3. The highest BCUT2D eigenvalue weighted by molar-refractivity contribution is 7.99. The van der Waals surface area contributed by atoms with Crippen molar-refractivity contribution in [3.63, 3.8) is 0 Å². The number of nitrogens with zero attached hydrogens (tertiary/aromatic N) is 3. The first-order valence-electron chi connectivity index (χ1n) is 11.2. The van der Waals surface area contributed by atoms with Crippen molar-refractivity contribution in [2.75, 3.05) is 36.8 Å². The monoisotopic (exact) mass is 473 g/mol. The van der Waals surface area contributed by atoms with Crippen molar-refractivity contribution in [2.24, 2.45) is 11.8 Å².